The average molecular weight is 231 g/mol. The third-order valence-corrected chi connectivity index (χ3v) is 2.63. The molecule has 0 aliphatic carbocycles. The highest BCUT2D eigenvalue weighted by molar-refractivity contribution is 5.48. The van der Waals surface area contributed by atoms with Crippen LogP contribution in [0.3, 0.4) is 0 Å². The van der Waals surface area contributed by atoms with Gasteiger partial charge in [0.2, 0.25) is 0 Å². The molecule has 0 heterocycles. The molecule has 0 fully saturated rings. The van der Waals surface area contributed by atoms with Gasteiger partial charge < -0.3 is 10.4 Å². The lowest BCUT2D eigenvalue weighted by Gasteiger charge is -2.09. The molecule has 2 aromatic rings. The van der Waals surface area contributed by atoms with Crippen molar-refractivity contribution in [2.75, 3.05) is 5.32 Å². The van der Waals surface area contributed by atoms with E-state index in [0.29, 0.717) is 6.54 Å². The van der Waals surface area contributed by atoms with Gasteiger partial charge in [-0.1, -0.05) is 12.1 Å². The monoisotopic (exact) mass is 231 g/mol. The summed E-state index contributed by atoms with van der Waals surface area (Å²) in [5, 5.41) is 12.5. The Morgan fingerprint density at radius 3 is 2.71 bits per heavy atom. The zero-order chi connectivity index (χ0) is 12.3. The van der Waals surface area contributed by atoms with E-state index in [1.54, 1.807) is 24.3 Å². The standard InChI is InChI=1S/C14H14FNO/c1-10-7-12(15)6-5-11(10)9-16-13-3-2-4-14(17)8-13/h2-8,16-17H,9H2,1H3. The van der Waals surface area contributed by atoms with Gasteiger partial charge in [0.25, 0.3) is 0 Å². The van der Waals surface area contributed by atoms with Crippen LogP contribution in [0.5, 0.6) is 5.75 Å². The van der Waals surface area contributed by atoms with E-state index in [0.717, 1.165) is 16.8 Å². The first-order chi connectivity index (χ1) is 8.15. The minimum absolute atomic E-state index is 0.219. The summed E-state index contributed by atoms with van der Waals surface area (Å²) >= 11 is 0. The molecule has 88 valence electrons. The highest BCUT2D eigenvalue weighted by Gasteiger charge is 2.00. The Bertz CT molecular complexity index is 525. The van der Waals surface area contributed by atoms with E-state index in [1.165, 1.54) is 12.1 Å². The topological polar surface area (TPSA) is 32.3 Å². The fraction of sp³-hybridized carbons (Fsp3) is 0.143. The number of rotatable bonds is 3. The molecule has 0 aliphatic rings. The summed E-state index contributed by atoms with van der Waals surface area (Å²) in [4.78, 5) is 0. The Labute approximate surface area is 99.7 Å². The Hall–Kier alpha value is -2.03. The van der Waals surface area contributed by atoms with Gasteiger partial charge in [0.1, 0.15) is 11.6 Å². The van der Waals surface area contributed by atoms with Crippen LogP contribution in [0, 0.1) is 12.7 Å². The molecule has 0 saturated carbocycles. The van der Waals surface area contributed by atoms with Gasteiger partial charge >= 0.3 is 0 Å². The van der Waals surface area contributed by atoms with E-state index >= 15 is 0 Å². The fourth-order valence-corrected chi connectivity index (χ4v) is 1.67. The lowest BCUT2D eigenvalue weighted by molar-refractivity contribution is 0.475. The number of phenols is 1. The Balaban J connectivity index is 2.07. The van der Waals surface area contributed by atoms with Crippen LogP contribution in [-0.4, -0.2) is 5.11 Å². The van der Waals surface area contributed by atoms with Crippen molar-refractivity contribution >= 4 is 5.69 Å². The zero-order valence-corrected chi connectivity index (χ0v) is 9.57. The van der Waals surface area contributed by atoms with Crippen LogP contribution in [0.2, 0.25) is 0 Å². The van der Waals surface area contributed by atoms with Crippen molar-refractivity contribution in [3.63, 3.8) is 0 Å². The van der Waals surface area contributed by atoms with Crippen LogP contribution in [-0.2, 0) is 6.54 Å². The third-order valence-electron chi connectivity index (χ3n) is 2.63. The maximum atomic E-state index is 12.9. The van der Waals surface area contributed by atoms with E-state index in [1.807, 2.05) is 13.0 Å². The SMILES string of the molecule is Cc1cc(F)ccc1CNc1cccc(O)c1. The molecule has 0 aliphatic heterocycles. The Morgan fingerprint density at radius 1 is 1.18 bits per heavy atom. The molecule has 17 heavy (non-hydrogen) atoms. The second kappa shape index (κ2) is 4.87. The Morgan fingerprint density at radius 2 is 2.00 bits per heavy atom. The number of benzene rings is 2. The molecule has 0 amide bonds. The van der Waals surface area contributed by atoms with E-state index in [2.05, 4.69) is 5.32 Å². The molecular formula is C14H14FNO. The van der Waals surface area contributed by atoms with Crippen molar-refractivity contribution in [2.24, 2.45) is 0 Å². The van der Waals surface area contributed by atoms with E-state index in [9.17, 15) is 9.50 Å². The van der Waals surface area contributed by atoms with Crippen molar-refractivity contribution in [3.8, 4) is 5.75 Å². The van der Waals surface area contributed by atoms with E-state index in [-0.39, 0.29) is 11.6 Å². The van der Waals surface area contributed by atoms with Gasteiger partial charge in [0.05, 0.1) is 0 Å². The molecule has 0 spiro atoms. The van der Waals surface area contributed by atoms with Crippen LogP contribution >= 0.6 is 0 Å². The number of phenolic OH excluding ortho intramolecular Hbond substituents is 1. The maximum absolute atomic E-state index is 12.9. The number of aryl methyl sites for hydroxylation is 1. The fourth-order valence-electron chi connectivity index (χ4n) is 1.67. The normalized spacial score (nSPS) is 10.2. The molecule has 2 aromatic carbocycles. The van der Waals surface area contributed by atoms with E-state index < -0.39 is 0 Å². The van der Waals surface area contributed by atoms with Gasteiger partial charge in [0, 0.05) is 18.3 Å². The lowest BCUT2D eigenvalue weighted by Crippen LogP contribution is -2.01. The van der Waals surface area contributed by atoms with Gasteiger partial charge in [-0.3, -0.25) is 0 Å². The molecule has 3 heteroatoms. The second-order valence-electron chi connectivity index (χ2n) is 3.97. The van der Waals surface area contributed by atoms with Crippen molar-refractivity contribution in [1.29, 1.82) is 0 Å². The summed E-state index contributed by atoms with van der Waals surface area (Å²) in [5.74, 6) is 0.00873. The summed E-state index contributed by atoms with van der Waals surface area (Å²) in [5.41, 5.74) is 2.79. The van der Waals surface area contributed by atoms with Gasteiger partial charge in [-0.15, -0.1) is 0 Å². The predicted octanol–water partition coefficient (Wildman–Crippen LogP) is 3.45. The second-order valence-corrected chi connectivity index (χ2v) is 3.97. The average Bonchev–Trinajstić information content (AvgIpc) is 2.28. The van der Waals surface area contributed by atoms with Gasteiger partial charge in [-0.2, -0.15) is 0 Å². The quantitative estimate of drug-likeness (QED) is 0.848. The first-order valence-corrected chi connectivity index (χ1v) is 5.43. The first kappa shape index (κ1) is 11.5. The van der Waals surface area contributed by atoms with Crippen LogP contribution in [0.25, 0.3) is 0 Å². The third kappa shape index (κ3) is 2.97. The van der Waals surface area contributed by atoms with Crippen molar-refractivity contribution < 1.29 is 9.50 Å². The molecule has 0 radical (unpaired) electrons. The first-order valence-electron chi connectivity index (χ1n) is 5.43. The minimum atomic E-state index is -0.219. The zero-order valence-electron chi connectivity index (χ0n) is 9.57. The largest absolute Gasteiger partial charge is 0.508 e. The van der Waals surface area contributed by atoms with Gasteiger partial charge in [-0.25, -0.2) is 4.39 Å². The number of hydrogen-bond acceptors (Lipinski definition) is 2. The van der Waals surface area contributed by atoms with Gasteiger partial charge in [0.15, 0.2) is 0 Å². The molecule has 0 bridgehead atoms. The van der Waals surface area contributed by atoms with E-state index in [4.69, 9.17) is 0 Å². The minimum Gasteiger partial charge on any atom is -0.508 e. The lowest BCUT2D eigenvalue weighted by atomic mass is 10.1. The molecule has 0 aromatic heterocycles. The summed E-state index contributed by atoms with van der Waals surface area (Å²) in [6, 6.07) is 11.6. The molecule has 0 saturated heterocycles. The summed E-state index contributed by atoms with van der Waals surface area (Å²) in [6.45, 7) is 2.48. The summed E-state index contributed by atoms with van der Waals surface area (Å²) < 4.78 is 12.9. The van der Waals surface area contributed by atoms with Crippen LogP contribution in [0.15, 0.2) is 42.5 Å². The molecule has 0 unspecified atom stereocenters. The van der Waals surface area contributed by atoms with Crippen LogP contribution in [0.1, 0.15) is 11.1 Å². The molecule has 2 nitrogen and oxygen atoms in total. The number of hydrogen-bond donors (Lipinski definition) is 2. The van der Waals surface area contributed by atoms with Gasteiger partial charge in [-0.05, 0) is 42.3 Å². The van der Waals surface area contributed by atoms with Crippen molar-refractivity contribution in [3.05, 3.63) is 59.4 Å². The molecule has 2 rings (SSSR count). The highest BCUT2D eigenvalue weighted by atomic mass is 19.1. The maximum Gasteiger partial charge on any atom is 0.123 e. The smallest absolute Gasteiger partial charge is 0.123 e. The highest BCUT2D eigenvalue weighted by Crippen LogP contribution is 2.17. The number of anilines is 1. The molecular weight excluding hydrogens is 217 g/mol. The Kier molecular flexibility index (Phi) is 3.28. The predicted molar refractivity (Wildman–Crippen MR) is 66.6 cm³/mol. The van der Waals surface area contributed by atoms with Crippen molar-refractivity contribution in [2.45, 2.75) is 13.5 Å². The van der Waals surface area contributed by atoms with Crippen LogP contribution in [0.4, 0.5) is 10.1 Å². The summed E-state index contributed by atoms with van der Waals surface area (Å²) in [7, 11) is 0. The molecule has 0 atom stereocenters. The summed E-state index contributed by atoms with van der Waals surface area (Å²) in [6.07, 6.45) is 0. The van der Waals surface area contributed by atoms with Crippen LogP contribution < -0.4 is 5.32 Å². The number of nitrogens with one attached hydrogen (secondary N) is 1. The number of halogens is 1. The van der Waals surface area contributed by atoms with Crippen molar-refractivity contribution in [1.82, 2.24) is 0 Å². The molecule has 2 N–H and O–H groups in total. The number of aromatic hydroxyl groups is 1.